The predicted molar refractivity (Wildman–Crippen MR) is 68.7 cm³/mol. The molecule has 2 fully saturated rings. The SMILES string of the molecule is O[C@]12CCCC[C@@H]1[C@@H](c1ccccc1F)NCC2. The van der Waals surface area contributed by atoms with Crippen LogP contribution in [0.25, 0.3) is 0 Å². The van der Waals surface area contributed by atoms with Gasteiger partial charge in [0.1, 0.15) is 5.82 Å². The zero-order valence-electron chi connectivity index (χ0n) is 10.5. The summed E-state index contributed by atoms with van der Waals surface area (Å²) in [5, 5.41) is 14.2. The Morgan fingerprint density at radius 1 is 1.22 bits per heavy atom. The van der Waals surface area contributed by atoms with E-state index < -0.39 is 5.60 Å². The van der Waals surface area contributed by atoms with Crippen molar-refractivity contribution in [2.45, 2.75) is 43.7 Å². The van der Waals surface area contributed by atoms with Crippen LogP contribution in [0.1, 0.15) is 43.7 Å². The second-order valence-electron chi connectivity index (χ2n) is 5.66. The molecule has 1 aliphatic heterocycles. The van der Waals surface area contributed by atoms with Crippen molar-refractivity contribution in [2.24, 2.45) is 5.92 Å². The van der Waals surface area contributed by atoms with Crippen LogP contribution >= 0.6 is 0 Å². The third-order valence-electron chi connectivity index (χ3n) is 4.63. The fourth-order valence-electron chi connectivity index (χ4n) is 3.68. The summed E-state index contributed by atoms with van der Waals surface area (Å²) in [7, 11) is 0. The molecule has 0 unspecified atom stereocenters. The molecular formula is C15H20FNO. The standard InChI is InChI=1S/C15H20FNO/c16-13-7-2-1-5-11(13)14-12-6-3-4-8-15(12,18)9-10-17-14/h1-2,5,7,12,14,17-18H,3-4,6,8-10H2/t12-,14-,15+/m1/s1. The topological polar surface area (TPSA) is 32.3 Å². The number of piperidine rings is 1. The van der Waals surface area contributed by atoms with Crippen molar-refractivity contribution in [3.05, 3.63) is 35.6 Å². The van der Waals surface area contributed by atoms with Crippen LogP contribution in [0.15, 0.2) is 24.3 Å². The van der Waals surface area contributed by atoms with E-state index in [1.54, 1.807) is 6.07 Å². The van der Waals surface area contributed by atoms with Gasteiger partial charge in [0.15, 0.2) is 0 Å². The van der Waals surface area contributed by atoms with Crippen LogP contribution in [0, 0.1) is 11.7 Å². The Bertz CT molecular complexity index is 432. The molecule has 2 nitrogen and oxygen atoms in total. The molecule has 1 saturated carbocycles. The first-order valence-corrected chi connectivity index (χ1v) is 6.91. The summed E-state index contributed by atoms with van der Waals surface area (Å²) < 4.78 is 13.9. The predicted octanol–water partition coefficient (Wildman–Crippen LogP) is 2.78. The Kier molecular flexibility index (Phi) is 3.12. The van der Waals surface area contributed by atoms with E-state index >= 15 is 0 Å². The van der Waals surface area contributed by atoms with E-state index in [1.165, 1.54) is 6.07 Å². The molecule has 3 heteroatoms. The number of halogens is 1. The molecule has 2 aliphatic rings. The van der Waals surface area contributed by atoms with Gasteiger partial charge in [0.05, 0.1) is 5.60 Å². The van der Waals surface area contributed by atoms with Crippen LogP contribution in [0.5, 0.6) is 0 Å². The molecule has 3 atom stereocenters. The number of rotatable bonds is 1. The number of fused-ring (bicyclic) bond motifs is 1. The van der Waals surface area contributed by atoms with Gasteiger partial charge in [-0.25, -0.2) is 4.39 Å². The highest BCUT2D eigenvalue weighted by Gasteiger charge is 2.46. The maximum absolute atomic E-state index is 13.9. The molecule has 1 aromatic carbocycles. The van der Waals surface area contributed by atoms with E-state index in [4.69, 9.17) is 0 Å². The van der Waals surface area contributed by atoms with Gasteiger partial charge in [0.25, 0.3) is 0 Å². The molecular weight excluding hydrogens is 229 g/mol. The van der Waals surface area contributed by atoms with Crippen LogP contribution in [0.4, 0.5) is 4.39 Å². The molecule has 0 radical (unpaired) electrons. The van der Waals surface area contributed by atoms with Crippen molar-refractivity contribution in [1.82, 2.24) is 5.32 Å². The smallest absolute Gasteiger partial charge is 0.127 e. The maximum Gasteiger partial charge on any atom is 0.127 e. The second kappa shape index (κ2) is 4.63. The number of aliphatic hydroxyl groups is 1. The third-order valence-corrected chi connectivity index (χ3v) is 4.63. The fourth-order valence-corrected chi connectivity index (χ4v) is 3.68. The molecule has 0 aromatic heterocycles. The van der Waals surface area contributed by atoms with E-state index in [1.807, 2.05) is 12.1 Å². The van der Waals surface area contributed by atoms with Crippen molar-refractivity contribution in [3.63, 3.8) is 0 Å². The van der Waals surface area contributed by atoms with Crippen molar-refractivity contribution in [1.29, 1.82) is 0 Å². The van der Waals surface area contributed by atoms with Gasteiger partial charge in [-0.2, -0.15) is 0 Å². The first kappa shape index (κ1) is 12.1. The number of nitrogens with one attached hydrogen (secondary N) is 1. The third kappa shape index (κ3) is 1.95. The van der Waals surface area contributed by atoms with Gasteiger partial charge in [-0.1, -0.05) is 31.0 Å². The van der Waals surface area contributed by atoms with Crippen molar-refractivity contribution >= 4 is 0 Å². The quantitative estimate of drug-likeness (QED) is 0.802. The highest BCUT2D eigenvalue weighted by molar-refractivity contribution is 5.24. The van der Waals surface area contributed by atoms with Gasteiger partial charge in [-0.15, -0.1) is 0 Å². The average Bonchev–Trinajstić information content (AvgIpc) is 2.38. The molecule has 2 N–H and O–H groups in total. The minimum Gasteiger partial charge on any atom is -0.389 e. The number of benzene rings is 1. The Morgan fingerprint density at radius 2 is 2.06 bits per heavy atom. The van der Waals surface area contributed by atoms with Crippen LogP contribution in [-0.2, 0) is 0 Å². The highest BCUT2D eigenvalue weighted by atomic mass is 19.1. The van der Waals surface area contributed by atoms with Crippen molar-refractivity contribution in [2.75, 3.05) is 6.54 Å². The molecule has 98 valence electrons. The Hall–Kier alpha value is -0.930. The molecule has 0 spiro atoms. The van der Waals surface area contributed by atoms with E-state index in [0.29, 0.717) is 5.56 Å². The van der Waals surface area contributed by atoms with Crippen molar-refractivity contribution < 1.29 is 9.50 Å². The molecule has 1 aliphatic carbocycles. The summed E-state index contributed by atoms with van der Waals surface area (Å²) in [5.41, 5.74) is 0.124. The summed E-state index contributed by atoms with van der Waals surface area (Å²) in [6.07, 6.45) is 4.88. The van der Waals surface area contributed by atoms with Crippen LogP contribution < -0.4 is 5.32 Å². The van der Waals surface area contributed by atoms with Gasteiger partial charge in [0.2, 0.25) is 0 Å². The van der Waals surface area contributed by atoms with Crippen LogP contribution in [-0.4, -0.2) is 17.3 Å². The molecule has 18 heavy (non-hydrogen) atoms. The molecule has 3 rings (SSSR count). The summed E-state index contributed by atoms with van der Waals surface area (Å²) in [6, 6.07) is 6.90. The highest BCUT2D eigenvalue weighted by Crippen LogP contribution is 2.45. The lowest BCUT2D eigenvalue weighted by Crippen LogP contribution is -2.53. The van der Waals surface area contributed by atoms with Crippen molar-refractivity contribution in [3.8, 4) is 0 Å². The lowest BCUT2D eigenvalue weighted by atomic mass is 9.67. The van der Waals surface area contributed by atoms with Gasteiger partial charge in [-0.05, 0) is 31.9 Å². The van der Waals surface area contributed by atoms with E-state index in [-0.39, 0.29) is 17.8 Å². The van der Waals surface area contributed by atoms with E-state index in [9.17, 15) is 9.50 Å². The molecule has 1 saturated heterocycles. The average molecular weight is 249 g/mol. The minimum atomic E-state index is -0.587. The van der Waals surface area contributed by atoms with Crippen LogP contribution in [0.3, 0.4) is 0 Å². The normalized spacial score (nSPS) is 36.1. The first-order valence-electron chi connectivity index (χ1n) is 6.91. The van der Waals surface area contributed by atoms with Gasteiger partial charge >= 0.3 is 0 Å². The maximum atomic E-state index is 13.9. The van der Waals surface area contributed by atoms with E-state index in [0.717, 1.165) is 38.6 Å². The summed E-state index contributed by atoms with van der Waals surface area (Å²) in [6.45, 7) is 0.770. The molecule has 0 bridgehead atoms. The number of hydrogen-bond acceptors (Lipinski definition) is 2. The molecule has 1 heterocycles. The molecule has 1 aromatic rings. The zero-order chi connectivity index (χ0) is 12.6. The first-order chi connectivity index (χ1) is 8.71. The Morgan fingerprint density at radius 3 is 2.89 bits per heavy atom. The van der Waals surface area contributed by atoms with E-state index in [2.05, 4.69) is 5.32 Å². The second-order valence-corrected chi connectivity index (χ2v) is 5.66. The van der Waals surface area contributed by atoms with Gasteiger partial charge in [-0.3, -0.25) is 0 Å². The largest absolute Gasteiger partial charge is 0.389 e. The summed E-state index contributed by atoms with van der Waals surface area (Å²) in [5.74, 6) is -0.0123. The van der Waals surface area contributed by atoms with Gasteiger partial charge in [0, 0.05) is 17.5 Å². The van der Waals surface area contributed by atoms with Crippen LogP contribution in [0.2, 0.25) is 0 Å². The Balaban J connectivity index is 1.94. The monoisotopic (exact) mass is 249 g/mol. The lowest BCUT2D eigenvalue weighted by Gasteiger charge is -2.48. The summed E-state index contributed by atoms with van der Waals surface area (Å²) in [4.78, 5) is 0. The zero-order valence-corrected chi connectivity index (χ0v) is 10.5. The minimum absolute atomic E-state index is 0.0368. The molecule has 0 amide bonds. The lowest BCUT2D eigenvalue weighted by molar-refractivity contribution is -0.0865. The fraction of sp³-hybridized carbons (Fsp3) is 0.600. The Labute approximate surface area is 107 Å². The number of hydrogen-bond donors (Lipinski definition) is 2. The summed E-state index contributed by atoms with van der Waals surface area (Å²) >= 11 is 0. The van der Waals surface area contributed by atoms with Gasteiger partial charge < -0.3 is 10.4 Å².